The predicted octanol–water partition coefficient (Wildman–Crippen LogP) is 4.18. The van der Waals surface area contributed by atoms with Crippen molar-refractivity contribution in [2.24, 2.45) is 4.99 Å². The van der Waals surface area contributed by atoms with Crippen LogP contribution >= 0.6 is 11.8 Å². The molecule has 0 radical (unpaired) electrons. The normalized spacial score (nSPS) is 15.4. The molecule has 3 aromatic rings. The first kappa shape index (κ1) is 21.7. The van der Waals surface area contributed by atoms with E-state index in [1.54, 1.807) is 11.8 Å². The Balaban J connectivity index is 1.91. The van der Waals surface area contributed by atoms with Gasteiger partial charge in [0, 0.05) is 28.7 Å². The van der Waals surface area contributed by atoms with Crippen molar-refractivity contribution in [1.82, 2.24) is 9.55 Å². The lowest BCUT2D eigenvalue weighted by Gasteiger charge is -2.19. The first-order valence-electron chi connectivity index (χ1n) is 10.3. The van der Waals surface area contributed by atoms with Crippen molar-refractivity contribution in [3.05, 3.63) is 93.2 Å². The number of hydrogen-bond acceptors (Lipinski definition) is 6. The van der Waals surface area contributed by atoms with Crippen LogP contribution in [0.2, 0.25) is 0 Å². The van der Waals surface area contributed by atoms with E-state index in [0.29, 0.717) is 24.4 Å². The third-order valence-corrected chi connectivity index (χ3v) is 6.41. The van der Waals surface area contributed by atoms with Crippen LogP contribution in [0.1, 0.15) is 29.7 Å². The van der Waals surface area contributed by atoms with Gasteiger partial charge in [0.2, 0.25) is 5.88 Å². The number of fused-ring (bicyclic) bond motifs is 1. The number of aromatic nitrogens is 2. The van der Waals surface area contributed by atoms with Crippen LogP contribution in [-0.4, -0.2) is 27.0 Å². The molecule has 0 unspecified atom stereocenters. The third kappa shape index (κ3) is 4.13. The van der Waals surface area contributed by atoms with Crippen molar-refractivity contribution in [2.45, 2.75) is 30.0 Å². The van der Waals surface area contributed by atoms with Crippen molar-refractivity contribution >= 4 is 23.2 Å². The van der Waals surface area contributed by atoms with E-state index in [1.807, 2.05) is 55.5 Å². The van der Waals surface area contributed by atoms with Gasteiger partial charge in [-0.05, 0) is 25.1 Å². The SMILES string of the molecule is C=CCn1c(O)c(C2=Nc3ccccc3S[C@H](c3ccccc3OCC)C2)c(=O)[nH]c1=O. The lowest BCUT2D eigenvalue weighted by Crippen LogP contribution is -2.34. The molecule has 0 amide bonds. The van der Waals surface area contributed by atoms with Crippen LogP contribution in [0.15, 0.2) is 80.7 Å². The number of hydrogen-bond donors (Lipinski definition) is 2. The van der Waals surface area contributed by atoms with E-state index in [4.69, 9.17) is 9.73 Å². The van der Waals surface area contributed by atoms with Gasteiger partial charge in [-0.1, -0.05) is 36.4 Å². The summed E-state index contributed by atoms with van der Waals surface area (Å²) in [4.78, 5) is 33.0. The van der Waals surface area contributed by atoms with E-state index < -0.39 is 17.1 Å². The number of nitrogens with zero attached hydrogens (tertiary/aromatic N) is 2. The minimum Gasteiger partial charge on any atom is -0.494 e. The zero-order valence-corrected chi connectivity index (χ0v) is 18.4. The van der Waals surface area contributed by atoms with Crippen molar-refractivity contribution in [3.63, 3.8) is 0 Å². The second-order valence-corrected chi connectivity index (χ2v) is 8.41. The van der Waals surface area contributed by atoms with Crippen molar-refractivity contribution in [3.8, 4) is 11.6 Å². The second-order valence-electron chi connectivity index (χ2n) is 7.16. The fourth-order valence-corrected chi connectivity index (χ4v) is 4.96. The van der Waals surface area contributed by atoms with Crippen LogP contribution in [0.25, 0.3) is 0 Å². The molecule has 0 spiro atoms. The van der Waals surface area contributed by atoms with Crippen LogP contribution in [0.4, 0.5) is 5.69 Å². The molecule has 0 saturated carbocycles. The number of benzene rings is 2. The summed E-state index contributed by atoms with van der Waals surface area (Å²) in [5.74, 6) is 0.347. The minimum atomic E-state index is -0.696. The highest BCUT2D eigenvalue weighted by Crippen LogP contribution is 2.47. The van der Waals surface area contributed by atoms with Gasteiger partial charge in [-0.25, -0.2) is 4.79 Å². The summed E-state index contributed by atoms with van der Waals surface area (Å²) in [5.41, 5.74) is 0.687. The van der Waals surface area contributed by atoms with Crippen LogP contribution in [0.5, 0.6) is 11.6 Å². The first-order chi connectivity index (χ1) is 15.5. The summed E-state index contributed by atoms with van der Waals surface area (Å²) in [6, 6.07) is 15.4. The quantitative estimate of drug-likeness (QED) is 0.550. The van der Waals surface area contributed by atoms with Crippen molar-refractivity contribution in [1.29, 1.82) is 0 Å². The number of para-hydroxylation sites is 2. The molecule has 2 heterocycles. The minimum absolute atomic E-state index is 0.0114. The number of aromatic amines is 1. The summed E-state index contributed by atoms with van der Waals surface area (Å²) in [7, 11) is 0. The van der Waals surface area contributed by atoms with Gasteiger partial charge in [-0.2, -0.15) is 0 Å². The molecule has 1 aliphatic rings. The standard InChI is InChI=1S/C24H23N3O4S/c1-3-13-27-23(29)21(22(28)26-24(27)30)17-14-20(15-9-5-7-11-18(15)31-4-2)32-19-12-8-6-10-16(19)25-17/h3,5-12,20,29H,1,4,13-14H2,2H3,(H,26,28,30)/t20-/m0/s1. The monoisotopic (exact) mass is 449 g/mol. The van der Waals surface area contributed by atoms with Crippen LogP contribution < -0.4 is 16.0 Å². The molecule has 7 nitrogen and oxygen atoms in total. The van der Waals surface area contributed by atoms with E-state index in [-0.39, 0.29) is 17.4 Å². The number of aromatic hydroxyl groups is 1. The number of ether oxygens (including phenoxy) is 1. The van der Waals surface area contributed by atoms with E-state index in [9.17, 15) is 14.7 Å². The second kappa shape index (κ2) is 9.32. The Hall–Kier alpha value is -3.52. The predicted molar refractivity (Wildman–Crippen MR) is 127 cm³/mol. The lowest BCUT2D eigenvalue weighted by molar-refractivity contribution is 0.336. The summed E-state index contributed by atoms with van der Waals surface area (Å²) in [5, 5.41) is 10.7. The van der Waals surface area contributed by atoms with E-state index in [1.165, 1.54) is 6.08 Å². The number of rotatable bonds is 6. The maximum atomic E-state index is 12.8. The topological polar surface area (TPSA) is 96.7 Å². The van der Waals surface area contributed by atoms with Gasteiger partial charge in [-0.15, -0.1) is 18.3 Å². The van der Waals surface area contributed by atoms with Gasteiger partial charge in [0.25, 0.3) is 5.56 Å². The Morgan fingerprint density at radius 2 is 2.00 bits per heavy atom. The Morgan fingerprint density at radius 3 is 2.78 bits per heavy atom. The van der Waals surface area contributed by atoms with Gasteiger partial charge in [0.15, 0.2) is 0 Å². The Morgan fingerprint density at radius 1 is 1.25 bits per heavy atom. The summed E-state index contributed by atoms with van der Waals surface area (Å²) < 4.78 is 6.92. The van der Waals surface area contributed by atoms with Crippen LogP contribution in [0, 0.1) is 0 Å². The molecule has 8 heteroatoms. The Kier molecular flexibility index (Phi) is 6.32. The summed E-state index contributed by atoms with van der Waals surface area (Å²) in [6.07, 6.45) is 1.83. The molecule has 0 aliphatic carbocycles. The lowest BCUT2D eigenvalue weighted by atomic mass is 10.0. The first-order valence-corrected chi connectivity index (χ1v) is 11.1. The van der Waals surface area contributed by atoms with Crippen molar-refractivity contribution < 1.29 is 9.84 Å². The molecule has 0 saturated heterocycles. The highest BCUT2D eigenvalue weighted by atomic mass is 32.2. The molecular weight excluding hydrogens is 426 g/mol. The van der Waals surface area contributed by atoms with Gasteiger partial charge in [0.05, 0.1) is 18.0 Å². The number of allylic oxidation sites excluding steroid dienone is 1. The average molecular weight is 450 g/mol. The van der Waals surface area contributed by atoms with Gasteiger partial charge >= 0.3 is 5.69 Å². The molecule has 1 aliphatic heterocycles. The number of thioether (sulfide) groups is 1. The molecule has 0 fully saturated rings. The molecular formula is C24H23N3O4S. The van der Waals surface area contributed by atoms with Gasteiger partial charge < -0.3 is 9.84 Å². The maximum absolute atomic E-state index is 12.8. The average Bonchev–Trinajstić information content (AvgIpc) is 2.96. The van der Waals surface area contributed by atoms with E-state index in [2.05, 4.69) is 11.6 Å². The third-order valence-electron chi connectivity index (χ3n) is 5.11. The number of aliphatic imine (C=N–C) groups is 1. The molecule has 0 bridgehead atoms. The largest absolute Gasteiger partial charge is 0.494 e. The van der Waals surface area contributed by atoms with Crippen LogP contribution in [-0.2, 0) is 6.54 Å². The van der Waals surface area contributed by atoms with E-state index in [0.717, 1.165) is 20.8 Å². The smallest absolute Gasteiger partial charge is 0.331 e. The molecule has 1 atom stereocenters. The highest BCUT2D eigenvalue weighted by molar-refractivity contribution is 7.99. The summed E-state index contributed by atoms with van der Waals surface area (Å²) >= 11 is 1.63. The zero-order valence-electron chi connectivity index (χ0n) is 17.6. The Labute approximate surface area is 189 Å². The van der Waals surface area contributed by atoms with Crippen LogP contribution in [0.3, 0.4) is 0 Å². The molecule has 2 aromatic carbocycles. The number of H-pyrrole nitrogens is 1. The maximum Gasteiger partial charge on any atom is 0.331 e. The Bertz CT molecular complexity index is 1310. The van der Waals surface area contributed by atoms with E-state index >= 15 is 0 Å². The fourth-order valence-electron chi connectivity index (χ4n) is 3.69. The highest BCUT2D eigenvalue weighted by Gasteiger charge is 2.28. The van der Waals surface area contributed by atoms with Gasteiger partial charge in [-0.3, -0.25) is 19.3 Å². The molecule has 32 heavy (non-hydrogen) atoms. The van der Waals surface area contributed by atoms with Gasteiger partial charge in [0.1, 0.15) is 11.3 Å². The fraction of sp³-hybridized carbons (Fsp3) is 0.208. The molecule has 164 valence electrons. The summed E-state index contributed by atoms with van der Waals surface area (Å²) in [6.45, 7) is 6.13. The molecule has 1 aromatic heterocycles. The zero-order chi connectivity index (χ0) is 22.7. The number of nitrogens with one attached hydrogen (secondary N) is 1. The molecule has 2 N–H and O–H groups in total. The van der Waals surface area contributed by atoms with Crippen molar-refractivity contribution in [2.75, 3.05) is 6.61 Å². The molecule has 4 rings (SSSR count).